The quantitative estimate of drug-likeness (QED) is 0.445. The van der Waals surface area contributed by atoms with Crippen molar-refractivity contribution in [1.29, 1.82) is 0 Å². The van der Waals surface area contributed by atoms with Crippen molar-refractivity contribution in [2.24, 2.45) is 0 Å². The molecule has 0 fully saturated rings. The molecule has 0 bridgehead atoms. The fraction of sp³-hybridized carbons (Fsp3) is 0.625. The van der Waals surface area contributed by atoms with E-state index in [9.17, 15) is 4.79 Å². The summed E-state index contributed by atoms with van der Waals surface area (Å²) in [5.74, 6) is -0.180. The predicted molar refractivity (Wildman–Crippen MR) is 43.8 cm³/mol. The van der Waals surface area contributed by atoms with Gasteiger partial charge in [-0.25, -0.2) is 5.06 Å². The molecule has 0 saturated carbocycles. The molecule has 3 nitrogen and oxygen atoms in total. The number of likely N-dealkylation sites (N-methyl/N-ethyl adjacent to an activating group) is 1. The SMILES string of the molecule is C=CC(=O)N(CC)OCCC. The zero-order valence-electron chi connectivity index (χ0n) is 7.17. The number of hydrogen-bond acceptors (Lipinski definition) is 2. The first-order valence-electron chi connectivity index (χ1n) is 3.83. The molecule has 0 spiro atoms. The lowest BCUT2D eigenvalue weighted by molar-refractivity contribution is -0.179. The number of hydrogen-bond donors (Lipinski definition) is 0. The van der Waals surface area contributed by atoms with E-state index in [0.29, 0.717) is 13.2 Å². The third-order valence-corrected chi connectivity index (χ3v) is 1.16. The minimum atomic E-state index is -0.180. The molecular formula is C8H15NO2. The van der Waals surface area contributed by atoms with Crippen molar-refractivity contribution in [3.05, 3.63) is 12.7 Å². The number of amides is 1. The van der Waals surface area contributed by atoms with E-state index in [1.165, 1.54) is 11.1 Å². The summed E-state index contributed by atoms with van der Waals surface area (Å²) in [6.07, 6.45) is 2.15. The van der Waals surface area contributed by atoms with Gasteiger partial charge in [-0.15, -0.1) is 0 Å². The Morgan fingerprint density at radius 3 is 2.64 bits per heavy atom. The zero-order valence-corrected chi connectivity index (χ0v) is 7.17. The highest BCUT2D eigenvalue weighted by atomic mass is 16.7. The molecule has 0 N–H and O–H groups in total. The highest BCUT2D eigenvalue weighted by Gasteiger charge is 2.06. The fourth-order valence-electron chi connectivity index (χ4n) is 0.614. The van der Waals surface area contributed by atoms with Crippen LogP contribution >= 0.6 is 0 Å². The van der Waals surface area contributed by atoms with Gasteiger partial charge in [0.1, 0.15) is 0 Å². The summed E-state index contributed by atoms with van der Waals surface area (Å²) < 4.78 is 0. The van der Waals surface area contributed by atoms with Crippen LogP contribution in [0.4, 0.5) is 0 Å². The number of carbonyl (C=O) groups excluding carboxylic acids is 1. The Morgan fingerprint density at radius 1 is 1.64 bits per heavy atom. The lowest BCUT2D eigenvalue weighted by atomic mass is 10.5. The topological polar surface area (TPSA) is 29.5 Å². The van der Waals surface area contributed by atoms with Gasteiger partial charge in [0.2, 0.25) is 0 Å². The standard InChI is InChI=1S/C8H15NO2/c1-4-7-11-9(6-3)8(10)5-2/h5H,2,4,6-7H2,1,3H3. The summed E-state index contributed by atoms with van der Waals surface area (Å²) in [6.45, 7) is 8.35. The maximum atomic E-state index is 10.9. The Labute approximate surface area is 67.6 Å². The molecule has 0 aliphatic heterocycles. The van der Waals surface area contributed by atoms with Crippen LogP contribution in [0.5, 0.6) is 0 Å². The molecule has 0 aliphatic rings. The Bertz CT molecular complexity index is 134. The van der Waals surface area contributed by atoms with Crippen molar-refractivity contribution in [1.82, 2.24) is 5.06 Å². The summed E-state index contributed by atoms with van der Waals surface area (Å²) in [5, 5.41) is 1.30. The first-order chi connectivity index (χ1) is 5.26. The summed E-state index contributed by atoms with van der Waals surface area (Å²) in [5.41, 5.74) is 0. The van der Waals surface area contributed by atoms with Crippen LogP contribution in [0.15, 0.2) is 12.7 Å². The van der Waals surface area contributed by atoms with Gasteiger partial charge >= 0.3 is 0 Å². The average molecular weight is 157 g/mol. The van der Waals surface area contributed by atoms with Gasteiger partial charge in [0.05, 0.1) is 6.61 Å². The Morgan fingerprint density at radius 2 is 2.27 bits per heavy atom. The third kappa shape index (κ3) is 3.78. The van der Waals surface area contributed by atoms with Crippen LogP contribution in [0.3, 0.4) is 0 Å². The highest BCUT2D eigenvalue weighted by Crippen LogP contribution is 1.93. The van der Waals surface area contributed by atoms with E-state index in [4.69, 9.17) is 4.84 Å². The molecule has 0 aromatic heterocycles. The van der Waals surface area contributed by atoms with Crippen molar-refractivity contribution in [3.63, 3.8) is 0 Å². The van der Waals surface area contributed by atoms with Crippen LogP contribution in [0, 0.1) is 0 Å². The van der Waals surface area contributed by atoms with Crippen molar-refractivity contribution in [2.45, 2.75) is 20.3 Å². The number of nitrogens with zero attached hydrogens (tertiary/aromatic N) is 1. The van der Waals surface area contributed by atoms with Crippen LogP contribution in [-0.4, -0.2) is 24.1 Å². The van der Waals surface area contributed by atoms with Gasteiger partial charge in [0.25, 0.3) is 5.91 Å². The minimum Gasteiger partial charge on any atom is -0.271 e. The molecule has 0 radical (unpaired) electrons. The Hall–Kier alpha value is -0.830. The van der Waals surface area contributed by atoms with E-state index in [1.54, 1.807) is 0 Å². The Kier molecular flexibility index (Phi) is 5.47. The molecule has 11 heavy (non-hydrogen) atoms. The van der Waals surface area contributed by atoms with Gasteiger partial charge in [0, 0.05) is 6.54 Å². The van der Waals surface area contributed by atoms with Gasteiger partial charge in [-0.2, -0.15) is 0 Å². The zero-order chi connectivity index (χ0) is 8.69. The molecular weight excluding hydrogens is 142 g/mol. The number of rotatable bonds is 5. The van der Waals surface area contributed by atoms with Crippen LogP contribution in [0.2, 0.25) is 0 Å². The summed E-state index contributed by atoms with van der Waals surface area (Å²) in [6, 6.07) is 0. The average Bonchev–Trinajstić information content (AvgIpc) is 2.05. The van der Waals surface area contributed by atoms with Gasteiger partial charge in [0.15, 0.2) is 0 Å². The van der Waals surface area contributed by atoms with Crippen LogP contribution in [0.1, 0.15) is 20.3 Å². The summed E-state index contributed by atoms with van der Waals surface area (Å²) >= 11 is 0. The lowest BCUT2D eigenvalue weighted by Gasteiger charge is -2.17. The van der Waals surface area contributed by atoms with Crippen molar-refractivity contribution in [2.75, 3.05) is 13.2 Å². The van der Waals surface area contributed by atoms with Crippen LogP contribution in [-0.2, 0) is 9.63 Å². The van der Waals surface area contributed by atoms with Crippen molar-refractivity contribution >= 4 is 5.91 Å². The van der Waals surface area contributed by atoms with Crippen molar-refractivity contribution in [3.8, 4) is 0 Å². The second-order valence-electron chi connectivity index (χ2n) is 2.07. The van der Waals surface area contributed by atoms with E-state index in [-0.39, 0.29) is 5.91 Å². The normalized spacial score (nSPS) is 9.27. The maximum absolute atomic E-state index is 10.9. The fourth-order valence-corrected chi connectivity index (χ4v) is 0.614. The molecule has 0 atom stereocenters. The number of hydroxylamine groups is 2. The lowest BCUT2D eigenvalue weighted by Crippen LogP contribution is -2.29. The Balaban J connectivity index is 3.74. The van der Waals surface area contributed by atoms with E-state index in [0.717, 1.165) is 6.42 Å². The largest absolute Gasteiger partial charge is 0.271 e. The molecule has 64 valence electrons. The molecule has 0 aromatic carbocycles. The van der Waals surface area contributed by atoms with Gasteiger partial charge in [-0.3, -0.25) is 9.63 Å². The third-order valence-electron chi connectivity index (χ3n) is 1.16. The van der Waals surface area contributed by atoms with Gasteiger partial charge < -0.3 is 0 Å². The molecule has 0 unspecified atom stereocenters. The van der Waals surface area contributed by atoms with E-state index < -0.39 is 0 Å². The molecule has 3 heteroatoms. The van der Waals surface area contributed by atoms with E-state index in [2.05, 4.69) is 6.58 Å². The first-order valence-corrected chi connectivity index (χ1v) is 3.83. The highest BCUT2D eigenvalue weighted by molar-refractivity contribution is 5.86. The van der Waals surface area contributed by atoms with Gasteiger partial charge in [-0.05, 0) is 19.4 Å². The number of carbonyl (C=O) groups is 1. The molecule has 0 aromatic rings. The first kappa shape index (κ1) is 10.2. The van der Waals surface area contributed by atoms with Crippen LogP contribution in [0.25, 0.3) is 0 Å². The predicted octanol–water partition coefficient (Wildman–Crippen LogP) is 1.36. The second-order valence-corrected chi connectivity index (χ2v) is 2.07. The summed E-state index contributed by atoms with van der Waals surface area (Å²) in [4.78, 5) is 16.0. The maximum Gasteiger partial charge on any atom is 0.269 e. The van der Waals surface area contributed by atoms with E-state index in [1.807, 2.05) is 13.8 Å². The van der Waals surface area contributed by atoms with Crippen molar-refractivity contribution < 1.29 is 9.63 Å². The second kappa shape index (κ2) is 5.92. The molecule has 0 aliphatic carbocycles. The molecule has 0 saturated heterocycles. The summed E-state index contributed by atoms with van der Waals surface area (Å²) in [7, 11) is 0. The van der Waals surface area contributed by atoms with Crippen LogP contribution < -0.4 is 0 Å². The minimum absolute atomic E-state index is 0.180. The molecule has 0 rings (SSSR count). The van der Waals surface area contributed by atoms with E-state index >= 15 is 0 Å². The molecule has 1 amide bonds. The smallest absolute Gasteiger partial charge is 0.269 e. The van der Waals surface area contributed by atoms with Gasteiger partial charge in [-0.1, -0.05) is 13.5 Å². The monoisotopic (exact) mass is 157 g/mol. The molecule has 0 heterocycles.